The van der Waals surface area contributed by atoms with Gasteiger partial charge in [0.2, 0.25) is 0 Å². The minimum atomic E-state index is -0.0175. The summed E-state index contributed by atoms with van der Waals surface area (Å²) in [6.45, 7) is 40.5. The van der Waals surface area contributed by atoms with Crippen LogP contribution in [0, 0.1) is 13.8 Å². The van der Waals surface area contributed by atoms with Gasteiger partial charge in [0.05, 0.1) is 5.69 Å². The van der Waals surface area contributed by atoms with Gasteiger partial charge in [0.1, 0.15) is 0 Å². The molecule has 1 aliphatic heterocycles. The highest BCUT2D eigenvalue weighted by atomic mass is 32.1. The van der Waals surface area contributed by atoms with Gasteiger partial charge in [-0.2, -0.15) is 0 Å². The molecule has 2 nitrogen and oxygen atoms in total. The molecule has 1 N–H and O–H groups in total. The van der Waals surface area contributed by atoms with Crippen LogP contribution < -0.4 is 25.9 Å². The number of anilines is 5. The molecular formula is C60H75BN2S. The van der Waals surface area contributed by atoms with E-state index < -0.39 is 0 Å². The van der Waals surface area contributed by atoms with Crippen molar-refractivity contribution in [1.29, 1.82) is 0 Å². The largest absolute Gasteiger partial charge is 0.355 e. The van der Waals surface area contributed by atoms with Crippen LogP contribution in [0.2, 0.25) is 0 Å². The highest BCUT2D eigenvalue weighted by Gasteiger charge is 2.44. The van der Waals surface area contributed by atoms with Crippen LogP contribution in [-0.4, -0.2) is 6.71 Å². The Morgan fingerprint density at radius 3 is 1.73 bits per heavy atom. The van der Waals surface area contributed by atoms with Gasteiger partial charge in [0.25, 0.3) is 6.71 Å². The van der Waals surface area contributed by atoms with E-state index in [0.717, 1.165) is 6.42 Å². The molecule has 64 heavy (non-hydrogen) atoms. The van der Waals surface area contributed by atoms with Gasteiger partial charge in [-0.25, -0.2) is 0 Å². The normalized spacial score (nSPS) is 17.8. The molecule has 0 saturated heterocycles. The van der Waals surface area contributed by atoms with Crippen LogP contribution in [0.25, 0.3) is 10.1 Å². The topological polar surface area (TPSA) is 15.3 Å². The molecule has 5 aromatic carbocycles. The number of hydrogen-bond acceptors (Lipinski definition) is 3. The molecule has 2 heterocycles. The summed E-state index contributed by atoms with van der Waals surface area (Å²) in [5.41, 5.74) is 22.3. The third-order valence-corrected chi connectivity index (χ3v) is 17.0. The van der Waals surface area contributed by atoms with Crippen LogP contribution in [-0.2, 0) is 38.9 Å². The Kier molecular flexibility index (Phi) is 10.4. The van der Waals surface area contributed by atoms with Gasteiger partial charge in [-0.1, -0.05) is 146 Å². The summed E-state index contributed by atoms with van der Waals surface area (Å²) in [5, 5.41) is 5.64. The number of nitrogens with zero attached hydrogens (tertiary/aromatic N) is 1. The van der Waals surface area contributed by atoms with Crippen molar-refractivity contribution in [2.24, 2.45) is 0 Å². The summed E-state index contributed by atoms with van der Waals surface area (Å²) in [4.78, 5) is 2.67. The van der Waals surface area contributed by atoms with Crippen LogP contribution in [0.5, 0.6) is 0 Å². The fraction of sp³-hybridized carbons (Fsp3) is 0.467. The first kappa shape index (κ1) is 44.9. The standard InChI is InChI=1S/C60H75BN2S/c1-36-29-41(57(9,10)11)30-37(2)52(36)62-49-34-46-45(59(14,15)27-28-60(46,16)17)33-48(49)61-47-25-22-40(56(6,7)8)32-50(47)63(42-23-20-39(21-24-42)55(3,4)5)53-43-31-38-19-18-26-58(12,13)44(38)35-51(43)64-54(53)61/h20-25,29-35,62H,18-19,26-28H2,1-17H3. The maximum Gasteiger partial charge on any atom is 0.261 e. The van der Waals surface area contributed by atoms with E-state index in [2.05, 4.69) is 207 Å². The first-order valence-electron chi connectivity index (χ1n) is 24.4. The lowest BCUT2D eigenvalue weighted by Crippen LogP contribution is -2.57. The number of rotatable bonds is 4. The van der Waals surface area contributed by atoms with Crippen molar-refractivity contribution < 1.29 is 0 Å². The van der Waals surface area contributed by atoms with Gasteiger partial charge in [-0.15, -0.1) is 11.3 Å². The predicted molar refractivity (Wildman–Crippen MR) is 284 cm³/mol. The zero-order chi connectivity index (χ0) is 46.3. The molecule has 0 atom stereocenters. The Morgan fingerprint density at radius 1 is 0.578 bits per heavy atom. The predicted octanol–water partition coefficient (Wildman–Crippen LogP) is 15.4. The molecule has 9 rings (SSSR count). The Bertz CT molecular complexity index is 2800. The maximum atomic E-state index is 4.24. The third kappa shape index (κ3) is 7.56. The summed E-state index contributed by atoms with van der Waals surface area (Å²) in [6.07, 6.45) is 5.97. The van der Waals surface area contributed by atoms with E-state index in [1.54, 1.807) is 5.56 Å². The molecule has 334 valence electrons. The van der Waals surface area contributed by atoms with E-state index in [4.69, 9.17) is 0 Å². The van der Waals surface area contributed by atoms with Gasteiger partial charge in [-0.3, -0.25) is 0 Å². The monoisotopic (exact) mass is 867 g/mol. The molecule has 0 bridgehead atoms. The van der Waals surface area contributed by atoms with Crippen molar-refractivity contribution in [3.63, 3.8) is 0 Å². The van der Waals surface area contributed by atoms with E-state index in [-0.39, 0.29) is 39.2 Å². The highest BCUT2D eigenvalue weighted by Crippen LogP contribution is 2.50. The summed E-state index contributed by atoms with van der Waals surface area (Å²) >= 11 is 2.05. The number of aryl methyl sites for hydroxylation is 3. The molecule has 0 unspecified atom stereocenters. The molecule has 0 radical (unpaired) electrons. The zero-order valence-corrected chi connectivity index (χ0v) is 43.3. The number of benzene rings is 5. The fourth-order valence-electron chi connectivity index (χ4n) is 11.4. The minimum Gasteiger partial charge on any atom is -0.355 e. The minimum absolute atomic E-state index is 0.0175. The van der Waals surface area contributed by atoms with Gasteiger partial charge in [-0.05, 0) is 176 Å². The average Bonchev–Trinajstić information content (AvgIpc) is 3.56. The molecular weight excluding hydrogens is 792 g/mol. The lowest BCUT2D eigenvalue weighted by molar-refractivity contribution is 0.332. The summed E-state index contributed by atoms with van der Waals surface area (Å²) < 4.78 is 2.85. The van der Waals surface area contributed by atoms with Gasteiger partial charge < -0.3 is 10.2 Å². The van der Waals surface area contributed by atoms with E-state index in [9.17, 15) is 0 Å². The van der Waals surface area contributed by atoms with Crippen molar-refractivity contribution >= 4 is 72.3 Å². The first-order chi connectivity index (χ1) is 29.7. The van der Waals surface area contributed by atoms with Crippen molar-refractivity contribution in [2.45, 2.75) is 182 Å². The fourth-order valence-corrected chi connectivity index (χ4v) is 12.8. The number of fused-ring (bicyclic) bond motifs is 6. The smallest absolute Gasteiger partial charge is 0.261 e. The van der Waals surface area contributed by atoms with Crippen LogP contribution in [0.4, 0.5) is 28.4 Å². The summed E-state index contributed by atoms with van der Waals surface area (Å²) in [5.74, 6) is 0. The lowest BCUT2D eigenvalue weighted by Gasteiger charge is -2.43. The molecule has 2 aliphatic carbocycles. The molecule has 4 heteroatoms. The first-order valence-corrected chi connectivity index (χ1v) is 25.2. The Morgan fingerprint density at radius 2 is 1.14 bits per heavy atom. The van der Waals surface area contributed by atoms with Crippen molar-refractivity contribution in [3.8, 4) is 0 Å². The van der Waals surface area contributed by atoms with E-state index in [1.807, 2.05) is 11.3 Å². The van der Waals surface area contributed by atoms with Crippen molar-refractivity contribution in [1.82, 2.24) is 0 Å². The van der Waals surface area contributed by atoms with E-state index >= 15 is 0 Å². The van der Waals surface area contributed by atoms with Crippen LogP contribution >= 0.6 is 11.3 Å². The molecule has 0 spiro atoms. The summed E-state index contributed by atoms with van der Waals surface area (Å²) in [7, 11) is 0. The highest BCUT2D eigenvalue weighted by molar-refractivity contribution is 7.33. The quantitative estimate of drug-likeness (QED) is 0.177. The maximum absolute atomic E-state index is 4.24. The second-order valence-electron chi connectivity index (χ2n) is 25.3. The second-order valence-corrected chi connectivity index (χ2v) is 26.3. The Balaban J connectivity index is 1.39. The SMILES string of the molecule is Cc1cc(C(C)(C)C)cc(C)c1Nc1cc2c(cc1B1c3ccc(C(C)(C)C)cc3N(c3ccc(C(C)(C)C)cc3)c3c1sc1cc4c(cc31)CCCC4(C)C)C(C)(C)CCC2(C)C. The van der Waals surface area contributed by atoms with E-state index in [1.165, 1.54) is 124 Å². The molecule has 1 aromatic heterocycles. The summed E-state index contributed by atoms with van der Waals surface area (Å²) in [6, 6.07) is 32.4. The Labute approximate surface area is 391 Å². The number of nitrogens with one attached hydrogen (secondary N) is 1. The second kappa shape index (κ2) is 14.9. The zero-order valence-electron chi connectivity index (χ0n) is 42.5. The van der Waals surface area contributed by atoms with Crippen LogP contribution in [0.15, 0.2) is 78.9 Å². The average molecular weight is 867 g/mol. The van der Waals surface area contributed by atoms with Gasteiger partial charge >= 0.3 is 0 Å². The van der Waals surface area contributed by atoms with Gasteiger partial charge in [0, 0.05) is 37.6 Å². The van der Waals surface area contributed by atoms with E-state index in [0.29, 0.717) is 0 Å². The molecule has 0 saturated carbocycles. The lowest BCUT2D eigenvalue weighted by atomic mass is 9.37. The number of hydrogen-bond donors (Lipinski definition) is 1. The van der Waals surface area contributed by atoms with Crippen LogP contribution in [0.1, 0.15) is 180 Å². The van der Waals surface area contributed by atoms with Gasteiger partial charge in [0.15, 0.2) is 0 Å². The molecule has 3 aliphatic rings. The number of thiophene rings is 1. The van der Waals surface area contributed by atoms with Crippen LogP contribution in [0.3, 0.4) is 0 Å². The molecule has 0 amide bonds. The molecule has 0 fully saturated rings. The molecule has 6 aromatic rings. The Hall–Kier alpha value is -4.28. The third-order valence-electron chi connectivity index (χ3n) is 15.8. The van der Waals surface area contributed by atoms with Crippen molar-refractivity contribution in [2.75, 3.05) is 10.2 Å². The van der Waals surface area contributed by atoms with Crippen molar-refractivity contribution in [3.05, 3.63) is 129 Å².